The molecule has 2 aromatic heterocycles. The van der Waals surface area contributed by atoms with Gasteiger partial charge in [-0.15, -0.1) is 0 Å². The lowest BCUT2D eigenvalue weighted by atomic mass is 10.0. The summed E-state index contributed by atoms with van der Waals surface area (Å²) in [6, 6.07) is 15.8. The molecule has 3 rings (SSSR count). The standard InChI is InChI=1S/C19H11ClN2O/c20-17-9-2-1-7-15(17)19(23)16-8-5-13-22-18(16)11-10-14-6-3-4-12-21-14/h1-9,12-13H. The molecule has 1 aromatic carbocycles. The Balaban J connectivity index is 2.01. The molecule has 0 aliphatic rings. The molecular formula is C19H11ClN2O. The number of ketones is 1. The minimum absolute atomic E-state index is 0.200. The number of carbonyl (C=O) groups excluding carboxylic acids is 1. The van der Waals surface area contributed by atoms with Crippen molar-refractivity contribution >= 4 is 17.4 Å². The Hall–Kier alpha value is -2.96. The smallest absolute Gasteiger partial charge is 0.197 e. The fourth-order valence-electron chi connectivity index (χ4n) is 2.04. The number of hydrogen-bond acceptors (Lipinski definition) is 3. The zero-order valence-corrected chi connectivity index (χ0v) is 12.8. The summed E-state index contributed by atoms with van der Waals surface area (Å²) in [4.78, 5) is 21.0. The van der Waals surface area contributed by atoms with Crippen LogP contribution in [0.5, 0.6) is 0 Å². The highest BCUT2D eigenvalue weighted by molar-refractivity contribution is 6.35. The van der Waals surface area contributed by atoms with E-state index in [1.165, 1.54) is 0 Å². The van der Waals surface area contributed by atoms with Crippen LogP contribution in [0.15, 0.2) is 67.0 Å². The number of hydrogen-bond donors (Lipinski definition) is 0. The molecule has 3 aromatic rings. The number of nitrogens with zero attached hydrogens (tertiary/aromatic N) is 2. The zero-order chi connectivity index (χ0) is 16.1. The van der Waals surface area contributed by atoms with Crippen LogP contribution < -0.4 is 0 Å². The summed E-state index contributed by atoms with van der Waals surface area (Å²) in [6.45, 7) is 0. The van der Waals surface area contributed by atoms with Crippen molar-refractivity contribution < 1.29 is 4.79 Å². The van der Waals surface area contributed by atoms with E-state index in [2.05, 4.69) is 21.8 Å². The van der Waals surface area contributed by atoms with Crippen molar-refractivity contribution in [3.63, 3.8) is 0 Å². The minimum Gasteiger partial charge on any atom is -0.288 e. The first kappa shape index (κ1) is 15.0. The zero-order valence-electron chi connectivity index (χ0n) is 12.0. The van der Waals surface area contributed by atoms with Crippen LogP contribution in [0.3, 0.4) is 0 Å². The molecule has 0 N–H and O–H groups in total. The molecule has 0 amide bonds. The van der Waals surface area contributed by atoms with Crippen LogP contribution in [0.1, 0.15) is 27.3 Å². The van der Waals surface area contributed by atoms with E-state index in [0.29, 0.717) is 27.5 Å². The number of rotatable bonds is 2. The van der Waals surface area contributed by atoms with E-state index in [4.69, 9.17) is 11.6 Å². The Kier molecular flexibility index (Phi) is 4.46. The molecule has 0 saturated heterocycles. The average molecular weight is 319 g/mol. The molecule has 0 spiro atoms. The predicted octanol–water partition coefficient (Wildman–Crippen LogP) is 3.76. The molecule has 0 bridgehead atoms. The molecule has 3 nitrogen and oxygen atoms in total. The van der Waals surface area contributed by atoms with Gasteiger partial charge in [0, 0.05) is 18.0 Å². The van der Waals surface area contributed by atoms with Gasteiger partial charge in [-0.05, 0) is 48.2 Å². The third kappa shape index (κ3) is 3.45. The third-order valence-corrected chi connectivity index (χ3v) is 3.47. The van der Waals surface area contributed by atoms with Crippen molar-refractivity contribution in [2.24, 2.45) is 0 Å². The second-order valence-corrected chi connectivity index (χ2v) is 5.08. The van der Waals surface area contributed by atoms with Crippen molar-refractivity contribution in [2.45, 2.75) is 0 Å². The highest BCUT2D eigenvalue weighted by atomic mass is 35.5. The molecule has 23 heavy (non-hydrogen) atoms. The summed E-state index contributed by atoms with van der Waals surface area (Å²) in [5.74, 6) is 5.63. The Labute approximate surface area is 139 Å². The normalized spacial score (nSPS) is 9.78. The van der Waals surface area contributed by atoms with Crippen molar-refractivity contribution in [2.75, 3.05) is 0 Å². The first-order chi connectivity index (χ1) is 11.3. The van der Waals surface area contributed by atoms with Crippen LogP contribution >= 0.6 is 11.6 Å². The highest BCUT2D eigenvalue weighted by Gasteiger charge is 2.15. The van der Waals surface area contributed by atoms with Gasteiger partial charge in [-0.2, -0.15) is 0 Å². The van der Waals surface area contributed by atoms with E-state index < -0.39 is 0 Å². The summed E-state index contributed by atoms with van der Waals surface area (Å²) in [5, 5.41) is 0.407. The quantitative estimate of drug-likeness (QED) is 0.533. The van der Waals surface area contributed by atoms with Crippen LogP contribution in [-0.2, 0) is 0 Å². The van der Waals surface area contributed by atoms with Gasteiger partial charge in [0.25, 0.3) is 0 Å². The number of aromatic nitrogens is 2. The Morgan fingerprint density at radius 3 is 2.35 bits per heavy atom. The molecule has 0 saturated carbocycles. The number of halogens is 1. The van der Waals surface area contributed by atoms with Crippen molar-refractivity contribution in [1.29, 1.82) is 0 Å². The van der Waals surface area contributed by atoms with Gasteiger partial charge >= 0.3 is 0 Å². The second kappa shape index (κ2) is 6.87. The third-order valence-electron chi connectivity index (χ3n) is 3.14. The number of benzene rings is 1. The molecule has 2 heterocycles. The lowest BCUT2D eigenvalue weighted by molar-refractivity contribution is 0.103. The van der Waals surface area contributed by atoms with E-state index >= 15 is 0 Å². The predicted molar refractivity (Wildman–Crippen MR) is 89.3 cm³/mol. The van der Waals surface area contributed by atoms with Gasteiger partial charge in [-0.1, -0.05) is 29.8 Å². The van der Waals surface area contributed by atoms with Gasteiger partial charge in [-0.3, -0.25) is 4.79 Å². The lowest BCUT2D eigenvalue weighted by Gasteiger charge is -2.04. The minimum atomic E-state index is -0.200. The summed E-state index contributed by atoms with van der Waals surface area (Å²) >= 11 is 6.11. The van der Waals surface area contributed by atoms with Crippen LogP contribution in [0.25, 0.3) is 0 Å². The molecule has 0 atom stereocenters. The van der Waals surface area contributed by atoms with Gasteiger partial charge < -0.3 is 0 Å². The molecule has 110 valence electrons. The molecule has 0 radical (unpaired) electrons. The number of carbonyl (C=O) groups is 1. The Morgan fingerprint density at radius 1 is 0.826 bits per heavy atom. The van der Waals surface area contributed by atoms with Gasteiger partial charge in [0.2, 0.25) is 0 Å². The maximum absolute atomic E-state index is 12.7. The van der Waals surface area contributed by atoms with E-state index in [1.807, 2.05) is 12.1 Å². The number of pyridine rings is 2. The topological polar surface area (TPSA) is 42.9 Å². The summed E-state index contributed by atoms with van der Waals surface area (Å²) < 4.78 is 0. The maximum Gasteiger partial charge on any atom is 0.197 e. The fraction of sp³-hybridized carbons (Fsp3) is 0. The lowest BCUT2D eigenvalue weighted by Crippen LogP contribution is -2.06. The summed E-state index contributed by atoms with van der Waals surface area (Å²) in [5.41, 5.74) is 1.88. The van der Waals surface area contributed by atoms with Crippen molar-refractivity contribution in [3.05, 3.63) is 94.5 Å². The molecule has 0 aliphatic carbocycles. The SMILES string of the molecule is O=C(c1ccccc1Cl)c1cccnc1C#Cc1ccccn1. The van der Waals surface area contributed by atoms with Gasteiger partial charge in [-0.25, -0.2) is 9.97 Å². The molecular weight excluding hydrogens is 308 g/mol. The van der Waals surface area contributed by atoms with Gasteiger partial charge in [0.05, 0.1) is 10.6 Å². The Bertz CT molecular complexity index is 911. The van der Waals surface area contributed by atoms with Crippen LogP contribution in [0, 0.1) is 11.8 Å². The Morgan fingerprint density at radius 2 is 1.57 bits per heavy atom. The van der Waals surface area contributed by atoms with E-state index in [-0.39, 0.29) is 5.78 Å². The average Bonchev–Trinajstić information content (AvgIpc) is 2.61. The van der Waals surface area contributed by atoms with Crippen molar-refractivity contribution in [3.8, 4) is 11.8 Å². The molecule has 0 aliphatic heterocycles. The summed E-state index contributed by atoms with van der Waals surface area (Å²) in [6.07, 6.45) is 3.27. The fourth-order valence-corrected chi connectivity index (χ4v) is 2.26. The van der Waals surface area contributed by atoms with Crippen molar-refractivity contribution in [1.82, 2.24) is 9.97 Å². The van der Waals surface area contributed by atoms with Crippen LogP contribution in [0.2, 0.25) is 5.02 Å². The van der Waals surface area contributed by atoms with Crippen LogP contribution in [0.4, 0.5) is 0 Å². The van der Waals surface area contributed by atoms with E-state index in [1.54, 1.807) is 54.9 Å². The second-order valence-electron chi connectivity index (χ2n) is 4.67. The highest BCUT2D eigenvalue weighted by Crippen LogP contribution is 2.20. The molecule has 4 heteroatoms. The molecule has 0 fully saturated rings. The maximum atomic E-state index is 12.7. The summed E-state index contributed by atoms with van der Waals surface area (Å²) in [7, 11) is 0. The van der Waals surface area contributed by atoms with Crippen LogP contribution in [-0.4, -0.2) is 15.8 Å². The first-order valence-electron chi connectivity index (χ1n) is 6.93. The van der Waals surface area contributed by atoms with Gasteiger partial charge in [0.15, 0.2) is 5.78 Å². The monoisotopic (exact) mass is 318 g/mol. The first-order valence-corrected chi connectivity index (χ1v) is 7.31. The largest absolute Gasteiger partial charge is 0.288 e. The van der Waals surface area contributed by atoms with E-state index in [9.17, 15) is 4.79 Å². The molecule has 0 unspecified atom stereocenters. The van der Waals surface area contributed by atoms with Gasteiger partial charge in [0.1, 0.15) is 11.4 Å². The van der Waals surface area contributed by atoms with E-state index in [0.717, 1.165) is 0 Å².